The molecule has 10 aromatic rings. The van der Waals surface area contributed by atoms with Gasteiger partial charge in [0, 0.05) is 55.4 Å². The quantitative estimate of drug-likeness (QED) is 0.193. The lowest BCUT2D eigenvalue weighted by Crippen LogP contribution is -2.09. The van der Waals surface area contributed by atoms with Gasteiger partial charge in [-0.05, 0) is 84.9 Å². The predicted molar refractivity (Wildman–Crippen MR) is 200 cm³/mol. The Bertz CT molecular complexity index is 2770. The van der Waals surface area contributed by atoms with Crippen LogP contribution in [0.4, 0.5) is 17.1 Å². The number of furan rings is 1. The molecule has 4 nitrogen and oxygen atoms in total. The molecule has 0 bridgehead atoms. The molecule has 3 heterocycles. The Morgan fingerprint density at radius 2 is 0.896 bits per heavy atom. The smallest absolute Gasteiger partial charge is 0.135 e. The van der Waals surface area contributed by atoms with Gasteiger partial charge in [0.25, 0.3) is 0 Å². The fraction of sp³-hybridized carbons (Fsp3) is 0. The number of aromatic nitrogens is 2. The van der Waals surface area contributed by atoms with Crippen molar-refractivity contribution in [1.29, 1.82) is 0 Å². The summed E-state index contributed by atoms with van der Waals surface area (Å²) in [6, 6.07) is 62.4. The van der Waals surface area contributed by atoms with Crippen molar-refractivity contribution in [2.75, 3.05) is 4.90 Å². The average Bonchev–Trinajstić information content (AvgIpc) is 3.80. The van der Waals surface area contributed by atoms with Gasteiger partial charge in [-0.15, -0.1) is 0 Å². The highest BCUT2D eigenvalue weighted by atomic mass is 16.3. The molecule has 0 aliphatic rings. The Labute approximate surface area is 276 Å². The maximum absolute atomic E-state index is 6.21. The molecular weight excluding hydrogens is 587 g/mol. The minimum Gasteiger partial charge on any atom is -0.456 e. The first kappa shape index (κ1) is 26.7. The molecule has 226 valence electrons. The van der Waals surface area contributed by atoms with Crippen molar-refractivity contribution in [3.63, 3.8) is 0 Å². The van der Waals surface area contributed by atoms with Crippen molar-refractivity contribution in [3.8, 4) is 11.4 Å². The maximum Gasteiger partial charge on any atom is 0.135 e. The van der Waals surface area contributed by atoms with Crippen molar-refractivity contribution in [2.45, 2.75) is 0 Å². The van der Waals surface area contributed by atoms with Crippen molar-refractivity contribution >= 4 is 71.8 Å². The number of fused-ring (bicyclic) bond motifs is 8. The van der Waals surface area contributed by atoms with E-state index in [1.54, 1.807) is 0 Å². The number of benzene rings is 7. The molecular formula is C44H29N3O. The lowest BCUT2D eigenvalue weighted by atomic mass is 10.1. The van der Waals surface area contributed by atoms with E-state index in [2.05, 4.69) is 178 Å². The van der Waals surface area contributed by atoms with E-state index < -0.39 is 0 Å². The Morgan fingerprint density at radius 3 is 1.60 bits per heavy atom. The summed E-state index contributed by atoms with van der Waals surface area (Å²) < 4.78 is 11.0. The van der Waals surface area contributed by atoms with Gasteiger partial charge in [0.05, 0.1) is 11.0 Å². The molecule has 7 aromatic carbocycles. The first-order valence-corrected chi connectivity index (χ1v) is 16.3. The van der Waals surface area contributed by atoms with Gasteiger partial charge in [0.15, 0.2) is 0 Å². The van der Waals surface area contributed by atoms with Gasteiger partial charge >= 0.3 is 0 Å². The normalized spacial score (nSPS) is 11.8. The van der Waals surface area contributed by atoms with Crippen LogP contribution < -0.4 is 4.90 Å². The standard InChI is InChI=1S/C44H29N3O/c1-4-14-30(15-5-1)45(34-25-27-42-37(28-34)35-20-11-13-23-41(35)48-42)33-24-26-40-38(29-33)43-36-21-10-12-22-39(36)46(31-16-6-2-7-17-31)44(43)47(40)32-18-8-3-9-19-32/h1-29H. The highest BCUT2D eigenvalue weighted by molar-refractivity contribution is 6.23. The molecule has 0 saturated heterocycles. The summed E-state index contributed by atoms with van der Waals surface area (Å²) in [5.41, 5.74) is 10.8. The maximum atomic E-state index is 6.21. The van der Waals surface area contributed by atoms with Crippen LogP contribution in [0, 0.1) is 0 Å². The Kier molecular flexibility index (Phi) is 5.84. The van der Waals surface area contributed by atoms with Gasteiger partial charge in [0.1, 0.15) is 16.8 Å². The molecule has 3 aromatic heterocycles. The highest BCUT2D eigenvalue weighted by Crippen LogP contribution is 2.44. The molecule has 0 saturated carbocycles. The number of para-hydroxylation sites is 5. The van der Waals surface area contributed by atoms with Gasteiger partial charge < -0.3 is 9.32 Å². The molecule has 0 atom stereocenters. The second kappa shape index (κ2) is 10.5. The molecule has 0 aliphatic carbocycles. The molecule has 0 spiro atoms. The van der Waals surface area contributed by atoms with E-state index in [9.17, 15) is 0 Å². The summed E-state index contributed by atoms with van der Waals surface area (Å²) in [4.78, 5) is 2.35. The third kappa shape index (κ3) is 3.96. The third-order valence-electron chi connectivity index (χ3n) is 9.47. The minimum atomic E-state index is 0.888. The Balaban J connectivity index is 1.29. The number of hydrogen-bond acceptors (Lipinski definition) is 2. The van der Waals surface area contributed by atoms with E-state index in [-0.39, 0.29) is 0 Å². The van der Waals surface area contributed by atoms with E-state index in [0.717, 1.165) is 61.5 Å². The van der Waals surface area contributed by atoms with E-state index >= 15 is 0 Å². The molecule has 0 fully saturated rings. The van der Waals surface area contributed by atoms with Crippen LogP contribution in [0.15, 0.2) is 180 Å². The first-order valence-electron chi connectivity index (χ1n) is 16.3. The number of rotatable bonds is 5. The van der Waals surface area contributed by atoms with Crippen molar-refractivity contribution in [2.24, 2.45) is 0 Å². The highest BCUT2D eigenvalue weighted by Gasteiger charge is 2.24. The van der Waals surface area contributed by atoms with Gasteiger partial charge in [0.2, 0.25) is 0 Å². The fourth-order valence-electron chi connectivity index (χ4n) is 7.43. The third-order valence-corrected chi connectivity index (χ3v) is 9.47. The van der Waals surface area contributed by atoms with Crippen molar-refractivity contribution in [1.82, 2.24) is 9.13 Å². The van der Waals surface area contributed by atoms with Crippen LogP contribution in [0.2, 0.25) is 0 Å². The number of anilines is 3. The summed E-state index contributed by atoms with van der Waals surface area (Å²) in [5, 5.41) is 5.89. The summed E-state index contributed by atoms with van der Waals surface area (Å²) >= 11 is 0. The van der Waals surface area contributed by atoms with Crippen molar-refractivity contribution < 1.29 is 4.42 Å². The Hall–Kier alpha value is -6.52. The molecule has 0 aliphatic heterocycles. The second-order valence-electron chi connectivity index (χ2n) is 12.2. The SMILES string of the molecule is c1ccc(N(c2ccc3oc4ccccc4c3c2)c2ccc3c(c2)c2c4ccccc4n(-c4ccccc4)c2n3-c2ccccc2)cc1. The van der Waals surface area contributed by atoms with E-state index in [4.69, 9.17) is 4.42 Å². The molecule has 0 N–H and O–H groups in total. The van der Waals surface area contributed by atoms with Gasteiger partial charge in [-0.1, -0.05) is 91.0 Å². The van der Waals surface area contributed by atoms with E-state index in [1.807, 2.05) is 12.1 Å². The van der Waals surface area contributed by atoms with Crippen molar-refractivity contribution in [3.05, 3.63) is 176 Å². The van der Waals surface area contributed by atoms with Gasteiger partial charge in [-0.2, -0.15) is 0 Å². The summed E-state index contributed by atoms with van der Waals surface area (Å²) in [6.07, 6.45) is 0. The lowest BCUT2D eigenvalue weighted by molar-refractivity contribution is 0.669. The minimum absolute atomic E-state index is 0.888. The average molecular weight is 616 g/mol. The van der Waals surface area contributed by atoms with Gasteiger partial charge in [-0.25, -0.2) is 0 Å². The molecule has 0 amide bonds. The molecule has 10 rings (SSSR count). The largest absolute Gasteiger partial charge is 0.456 e. The molecule has 0 unspecified atom stereocenters. The zero-order chi connectivity index (χ0) is 31.6. The molecule has 4 heteroatoms. The summed E-state index contributed by atoms with van der Waals surface area (Å²) in [5.74, 6) is 0. The van der Waals surface area contributed by atoms with Crippen LogP contribution in [0.3, 0.4) is 0 Å². The first-order chi connectivity index (χ1) is 23.8. The van der Waals surface area contributed by atoms with Gasteiger partial charge in [-0.3, -0.25) is 9.13 Å². The fourth-order valence-corrected chi connectivity index (χ4v) is 7.43. The van der Waals surface area contributed by atoms with Crippen LogP contribution >= 0.6 is 0 Å². The monoisotopic (exact) mass is 615 g/mol. The predicted octanol–water partition coefficient (Wildman–Crippen LogP) is 12.1. The van der Waals surface area contributed by atoms with E-state index in [1.165, 1.54) is 21.7 Å². The van der Waals surface area contributed by atoms with Crippen LogP contribution in [0.5, 0.6) is 0 Å². The van der Waals surface area contributed by atoms with Crippen LogP contribution in [-0.2, 0) is 0 Å². The number of nitrogens with zero attached hydrogens (tertiary/aromatic N) is 3. The lowest BCUT2D eigenvalue weighted by Gasteiger charge is -2.25. The topological polar surface area (TPSA) is 26.2 Å². The second-order valence-corrected chi connectivity index (χ2v) is 12.2. The van der Waals surface area contributed by atoms with Crippen LogP contribution in [0.1, 0.15) is 0 Å². The molecule has 0 radical (unpaired) electrons. The zero-order valence-electron chi connectivity index (χ0n) is 26.0. The van der Waals surface area contributed by atoms with Crippen LogP contribution in [-0.4, -0.2) is 9.13 Å². The summed E-state index contributed by atoms with van der Waals surface area (Å²) in [6.45, 7) is 0. The van der Waals surface area contributed by atoms with E-state index in [0.29, 0.717) is 0 Å². The van der Waals surface area contributed by atoms with Crippen LogP contribution in [0.25, 0.3) is 66.2 Å². The summed E-state index contributed by atoms with van der Waals surface area (Å²) in [7, 11) is 0. The zero-order valence-corrected chi connectivity index (χ0v) is 26.0. The Morgan fingerprint density at radius 1 is 0.375 bits per heavy atom. The number of hydrogen-bond donors (Lipinski definition) is 0. The molecule has 48 heavy (non-hydrogen) atoms.